The molecule has 0 fully saturated rings. The second kappa shape index (κ2) is 8.68. The molecule has 4 nitrogen and oxygen atoms in total. The van der Waals surface area contributed by atoms with Crippen LogP contribution >= 0.6 is 11.3 Å². The third-order valence-corrected chi connectivity index (χ3v) is 4.94. The number of aryl methyl sites for hydroxylation is 1. The molecular weight excluding hydrogens is 365 g/mol. The Morgan fingerprint density at radius 2 is 1.85 bits per heavy atom. The van der Waals surface area contributed by atoms with Crippen LogP contribution in [0, 0.1) is 12.7 Å². The predicted molar refractivity (Wildman–Crippen MR) is 104 cm³/mol. The number of halogens is 1. The summed E-state index contributed by atoms with van der Waals surface area (Å²) >= 11 is 1.36. The van der Waals surface area contributed by atoms with Crippen molar-refractivity contribution in [1.82, 2.24) is 5.32 Å². The number of hydrogen-bond acceptors (Lipinski definition) is 4. The highest BCUT2D eigenvalue weighted by Crippen LogP contribution is 2.29. The zero-order chi connectivity index (χ0) is 19.2. The molecule has 140 valence electrons. The lowest BCUT2D eigenvalue weighted by atomic mass is 10.2. The maximum absolute atomic E-state index is 12.9. The number of hydrogen-bond donors (Lipinski definition) is 1. The molecule has 3 rings (SSSR count). The van der Waals surface area contributed by atoms with Crippen molar-refractivity contribution < 1.29 is 18.7 Å². The third kappa shape index (κ3) is 5.08. The van der Waals surface area contributed by atoms with E-state index in [1.165, 1.54) is 23.5 Å². The smallest absolute Gasteiger partial charge is 0.261 e. The van der Waals surface area contributed by atoms with Crippen LogP contribution < -0.4 is 14.8 Å². The summed E-state index contributed by atoms with van der Waals surface area (Å²) in [5, 5.41) is 4.73. The summed E-state index contributed by atoms with van der Waals surface area (Å²) in [4.78, 5) is 12.9. The van der Waals surface area contributed by atoms with Crippen molar-refractivity contribution in [2.75, 3.05) is 7.11 Å². The van der Waals surface area contributed by atoms with Crippen LogP contribution in [0.3, 0.4) is 0 Å². The molecule has 0 unspecified atom stereocenters. The van der Waals surface area contributed by atoms with E-state index in [9.17, 15) is 9.18 Å². The first kappa shape index (κ1) is 18.9. The number of rotatable bonds is 7. The van der Waals surface area contributed by atoms with Crippen molar-refractivity contribution in [2.45, 2.75) is 20.1 Å². The molecule has 6 heteroatoms. The maximum Gasteiger partial charge on any atom is 0.261 e. The van der Waals surface area contributed by atoms with Gasteiger partial charge in [0.25, 0.3) is 5.91 Å². The van der Waals surface area contributed by atoms with E-state index in [4.69, 9.17) is 9.47 Å². The molecule has 1 aromatic heterocycles. The Kier molecular flexibility index (Phi) is 6.08. The van der Waals surface area contributed by atoms with Gasteiger partial charge in [-0.2, -0.15) is 0 Å². The van der Waals surface area contributed by atoms with Crippen molar-refractivity contribution >= 4 is 17.2 Å². The normalized spacial score (nSPS) is 10.5. The van der Waals surface area contributed by atoms with E-state index in [-0.39, 0.29) is 11.7 Å². The summed E-state index contributed by atoms with van der Waals surface area (Å²) in [6.07, 6.45) is 0. The molecule has 3 aromatic rings. The molecule has 1 heterocycles. The zero-order valence-corrected chi connectivity index (χ0v) is 15.9. The van der Waals surface area contributed by atoms with E-state index in [2.05, 4.69) is 5.32 Å². The Labute approximate surface area is 161 Å². The fourth-order valence-corrected chi connectivity index (χ4v) is 3.31. The Morgan fingerprint density at radius 1 is 1.07 bits per heavy atom. The number of amides is 1. The number of ether oxygens (including phenoxy) is 2. The van der Waals surface area contributed by atoms with Crippen LogP contribution in [0.25, 0.3) is 0 Å². The predicted octanol–water partition coefficient (Wildman–Crippen LogP) is 4.71. The maximum atomic E-state index is 12.9. The van der Waals surface area contributed by atoms with Crippen LogP contribution in [0.2, 0.25) is 0 Å². The van der Waals surface area contributed by atoms with Gasteiger partial charge in [0.2, 0.25) is 0 Å². The number of thiophene rings is 1. The topological polar surface area (TPSA) is 47.6 Å². The largest absolute Gasteiger partial charge is 0.493 e. The quantitative estimate of drug-likeness (QED) is 0.641. The number of benzene rings is 2. The van der Waals surface area contributed by atoms with Gasteiger partial charge in [0, 0.05) is 12.1 Å². The summed E-state index contributed by atoms with van der Waals surface area (Å²) in [5.74, 6) is 0.890. The highest BCUT2D eigenvalue weighted by atomic mass is 32.1. The van der Waals surface area contributed by atoms with Crippen LogP contribution in [0.4, 0.5) is 4.39 Å². The van der Waals surface area contributed by atoms with Crippen LogP contribution in [0.5, 0.6) is 11.5 Å². The molecule has 0 bridgehead atoms. The van der Waals surface area contributed by atoms with Crippen molar-refractivity contribution in [1.29, 1.82) is 0 Å². The summed E-state index contributed by atoms with van der Waals surface area (Å²) in [5.41, 5.74) is 2.85. The lowest BCUT2D eigenvalue weighted by Gasteiger charge is -2.10. The Bertz CT molecular complexity index is 921. The first-order chi connectivity index (χ1) is 13.0. The number of methoxy groups -OCH3 is 1. The van der Waals surface area contributed by atoms with Gasteiger partial charge in [-0.05, 0) is 53.8 Å². The summed E-state index contributed by atoms with van der Waals surface area (Å²) < 4.78 is 24.1. The summed E-state index contributed by atoms with van der Waals surface area (Å²) in [6, 6.07) is 13.6. The van der Waals surface area contributed by atoms with Gasteiger partial charge in [-0.15, -0.1) is 11.3 Å². The number of carbonyl (C=O) groups is 1. The average Bonchev–Trinajstić information content (AvgIpc) is 3.15. The molecular formula is C21H20FNO3S. The van der Waals surface area contributed by atoms with Gasteiger partial charge >= 0.3 is 0 Å². The minimum atomic E-state index is -0.293. The van der Waals surface area contributed by atoms with E-state index in [1.807, 2.05) is 36.6 Å². The van der Waals surface area contributed by atoms with Crippen molar-refractivity contribution in [2.24, 2.45) is 0 Å². The van der Waals surface area contributed by atoms with Gasteiger partial charge in [-0.1, -0.05) is 18.2 Å². The number of carbonyl (C=O) groups excluding carboxylic acids is 1. The summed E-state index contributed by atoms with van der Waals surface area (Å²) in [6.45, 7) is 2.69. The lowest BCUT2D eigenvalue weighted by Crippen LogP contribution is -2.21. The molecule has 0 aliphatic heterocycles. The molecule has 27 heavy (non-hydrogen) atoms. The van der Waals surface area contributed by atoms with Gasteiger partial charge in [0.05, 0.1) is 12.0 Å². The standard InChI is InChI=1S/C21H20FNO3S/c1-14-3-8-18(19(9-14)25-2)26-12-16-10-20(27-13-16)21(24)23-11-15-4-6-17(22)7-5-15/h3-10,13H,11-12H2,1-2H3,(H,23,24). The van der Waals surface area contributed by atoms with Gasteiger partial charge in [-0.3, -0.25) is 4.79 Å². The second-order valence-electron chi connectivity index (χ2n) is 6.07. The molecule has 0 spiro atoms. The van der Waals surface area contributed by atoms with E-state index in [0.717, 1.165) is 16.7 Å². The SMILES string of the molecule is COc1cc(C)ccc1OCc1csc(C(=O)NCc2ccc(F)cc2)c1. The molecule has 0 atom stereocenters. The second-order valence-corrected chi connectivity index (χ2v) is 6.98. The first-order valence-corrected chi connectivity index (χ1v) is 9.30. The monoisotopic (exact) mass is 385 g/mol. The van der Waals surface area contributed by atoms with Crippen LogP contribution in [-0.2, 0) is 13.2 Å². The van der Waals surface area contributed by atoms with Gasteiger partial charge in [0.1, 0.15) is 12.4 Å². The molecule has 0 radical (unpaired) electrons. The van der Waals surface area contributed by atoms with Gasteiger partial charge in [-0.25, -0.2) is 4.39 Å². The van der Waals surface area contributed by atoms with Gasteiger partial charge < -0.3 is 14.8 Å². The summed E-state index contributed by atoms with van der Waals surface area (Å²) in [7, 11) is 1.61. The van der Waals surface area contributed by atoms with Crippen LogP contribution in [0.15, 0.2) is 53.9 Å². The molecule has 1 N–H and O–H groups in total. The molecule has 0 saturated heterocycles. The molecule has 2 aromatic carbocycles. The lowest BCUT2D eigenvalue weighted by molar-refractivity contribution is 0.0955. The van der Waals surface area contributed by atoms with Crippen molar-refractivity contribution in [3.63, 3.8) is 0 Å². The van der Waals surface area contributed by atoms with E-state index >= 15 is 0 Å². The van der Waals surface area contributed by atoms with Crippen LogP contribution in [0.1, 0.15) is 26.4 Å². The fraction of sp³-hybridized carbons (Fsp3) is 0.190. The molecule has 0 aliphatic rings. The molecule has 0 aliphatic carbocycles. The Hall–Kier alpha value is -2.86. The molecule has 0 saturated carbocycles. The Morgan fingerprint density at radius 3 is 2.59 bits per heavy atom. The minimum absolute atomic E-state index is 0.163. The van der Waals surface area contributed by atoms with Crippen LogP contribution in [-0.4, -0.2) is 13.0 Å². The number of nitrogens with one attached hydrogen (secondary N) is 1. The van der Waals surface area contributed by atoms with E-state index in [1.54, 1.807) is 19.2 Å². The van der Waals surface area contributed by atoms with Crippen molar-refractivity contribution in [3.05, 3.63) is 81.3 Å². The van der Waals surface area contributed by atoms with E-state index < -0.39 is 0 Å². The average molecular weight is 385 g/mol. The Balaban J connectivity index is 1.56. The van der Waals surface area contributed by atoms with Crippen molar-refractivity contribution in [3.8, 4) is 11.5 Å². The van der Waals surface area contributed by atoms with E-state index in [0.29, 0.717) is 29.5 Å². The zero-order valence-electron chi connectivity index (χ0n) is 15.1. The highest BCUT2D eigenvalue weighted by molar-refractivity contribution is 7.12. The third-order valence-electron chi connectivity index (χ3n) is 3.96. The minimum Gasteiger partial charge on any atom is -0.493 e. The first-order valence-electron chi connectivity index (χ1n) is 8.42. The molecule has 1 amide bonds. The highest BCUT2D eigenvalue weighted by Gasteiger charge is 2.11. The fourth-order valence-electron chi connectivity index (χ4n) is 2.50. The van der Waals surface area contributed by atoms with Gasteiger partial charge in [0.15, 0.2) is 11.5 Å².